The van der Waals surface area contributed by atoms with Crippen molar-refractivity contribution in [1.82, 2.24) is 5.16 Å². The first-order chi connectivity index (χ1) is 4.34. The summed E-state index contributed by atoms with van der Waals surface area (Å²) in [4.78, 5) is 0. The molecule has 0 radical (unpaired) electrons. The highest BCUT2D eigenvalue weighted by Gasteiger charge is 2.01. The molecule has 1 rings (SSSR count). The van der Waals surface area contributed by atoms with E-state index in [1.54, 1.807) is 0 Å². The van der Waals surface area contributed by atoms with E-state index in [1.807, 2.05) is 0 Å². The Kier molecular flexibility index (Phi) is 1.67. The Balaban J connectivity index is 2.69. The molecule has 0 aromatic carbocycles. The predicted molar refractivity (Wildman–Crippen MR) is 30.6 cm³/mol. The van der Waals surface area contributed by atoms with E-state index < -0.39 is 6.67 Å². The van der Waals surface area contributed by atoms with Gasteiger partial charge in [-0.1, -0.05) is 5.16 Å². The third-order valence-electron chi connectivity index (χ3n) is 0.998. The van der Waals surface area contributed by atoms with E-state index >= 15 is 0 Å². The van der Waals surface area contributed by atoms with Gasteiger partial charge in [0.15, 0.2) is 5.76 Å². The highest BCUT2D eigenvalue weighted by atomic mass is 19.1. The van der Waals surface area contributed by atoms with Crippen molar-refractivity contribution in [3.05, 3.63) is 12.0 Å². The smallest absolute Gasteiger partial charge is 0.162 e. The minimum atomic E-state index is -0.459. The fraction of sp³-hybridized carbons (Fsp3) is 0.400. The molecule has 0 aliphatic rings. The fourth-order valence-corrected chi connectivity index (χ4v) is 0.547. The number of rotatable bonds is 2. The Hall–Kier alpha value is -1.06. The molecule has 0 aliphatic heterocycles. The van der Waals surface area contributed by atoms with Crippen molar-refractivity contribution in [3.63, 3.8) is 0 Å². The van der Waals surface area contributed by atoms with Crippen LogP contribution >= 0.6 is 0 Å². The topological polar surface area (TPSA) is 52.0 Å². The molecule has 0 fully saturated rings. The van der Waals surface area contributed by atoms with Crippen LogP contribution in [-0.2, 0) is 6.42 Å². The summed E-state index contributed by atoms with van der Waals surface area (Å²) in [7, 11) is 0. The van der Waals surface area contributed by atoms with Crippen LogP contribution in [0.5, 0.6) is 0 Å². The summed E-state index contributed by atoms with van der Waals surface area (Å²) in [5.74, 6) is 0.428. The maximum atomic E-state index is 11.6. The van der Waals surface area contributed by atoms with Crippen molar-refractivity contribution in [2.75, 3.05) is 12.4 Å². The summed E-state index contributed by atoms with van der Waals surface area (Å²) in [6.07, 6.45) is 1.58. The quantitative estimate of drug-likeness (QED) is 0.643. The lowest BCUT2D eigenvalue weighted by atomic mass is 10.3. The zero-order valence-electron chi connectivity index (χ0n) is 4.80. The highest BCUT2D eigenvalue weighted by Crippen LogP contribution is 2.09. The van der Waals surface area contributed by atoms with Gasteiger partial charge in [-0.15, -0.1) is 0 Å². The van der Waals surface area contributed by atoms with Crippen LogP contribution in [0.1, 0.15) is 5.76 Å². The second-order valence-electron chi connectivity index (χ2n) is 1.64. The lowest BCUT2D eigenvalue weighted by Crippen LogP contribution is -1.90. The van der Waals surface area contributed by atoms with Crippen molar-refractivity contribution >= 4 is 5.69 Å². The van der Waals surface area contributed by atoms with Gasteiger partial charge in [-0.05, 0) is 0 Å². The van der Waals surface area contributed by atoms with Crippen LogP contribution in [0.2, 0.25) is 0 Å². The second kappa shape index (κ2) is 2.48. The molecule has 0 spiro atoms. The Morgan fingerprint density at radius 2 is 2.56 bits per heavy atom. The van der Waals surface area contributed by atoms with E-state index in [0.717, 1.165) is 0 Å². The van der Waals surface area contributed by atoms with Crippen molar-refractivity contribution < 1.29 is 8.91 Å². The average Bonchev–Trinajstić information content (AvgIpc) is 2.18. The van der Waals surface area contributed by atoms with Crippen LogP contribution in [0.15, 0.2) is 10.7 Å². The molecule has 9 heavy (non-hydrogen) atoms. The van der Waals surface area contributed by atoms with Gasteiger partial charge in [0.2, 0.25) is 0 Å². The van der Waals surface area contributed by atoms with Crippen LogP contribution in [0.25, 0.3) is 0 Å². The fourth-order valence-electron chi connectivity index (χ4n) is 0.547. The molecule has 0 atom stereocenters. The molecule has 0 amide bonds. The third kappa shape index (κ3) is 1.19. The summed E-state index contributed by atoms with van der Waals surface area (Å²) in [6.45, 7) is -0.459. The van der Waals surface area contributed by atoms with Crippen molar-refractivity contribution in [3.8, 4) is 0 Å². The molecule has 50 valence electrons. The molecule has 1 heterocycles. The Morgan fingerprint density at radius 1 is 1.78 bits per heavy atom. The number of halogens is 1. The summed E-state index contributed by atoms with van der Waals surface area (Å²) in [5, 5.41) is 3.37. The lowest BCUT2D eigenvalue weighted by Gasteiger charge is -1.87. The van der Waals surface area contributed by atoms with E-state index in [1.165, 1.54) is 6.20 Å². The number of nitrogens with two attached hydrogens (primary N) is 1. The lowest BCUT2D eigenvalue weighted by molar-refractivity contribution is 0.365. The van der Waals surface area contributed by atoms with Crippen molar-refractivity contribution in [1.29, 1.82) is 0 Å². The predicted octanol–water partition coefficient (Wildman–Crippen LogP) is 0.769. The van der Waals surface area contributed by atoms with Gasteiger partial charge in [0.05, 0.1) is 18.6 Å². The third-order valence-corrected chi connectivity index (χ3v) is 0.998. The Bertz CT molecular complexity index is 187. The van der Waals surface area contributed by atoms with Crippen LogP contribution in [0.4, 0.5) is 10.1 Å². The van der Waals surface area contributed by atoms with E-state index in [0.29, 0.717) is 11.4 Å². The van der Waals surface area contributed by atoms with Gasteiger partial charge < -0.3 is 10.3 Å². The van der Waals surface area contributed by atoms with Gasteiger partial charge in [0.25, 0.3) is 0 Å². The number of nitrogens with zero attached hydrogens (tertiary/aromatic N) is 1. The minimum absolute atomic E-state index is 0.214. The summed E-state index contributed by atoms with van der Waals surface area (Å²) in [6, 6.07) is 0. The van der Waals surface area contributed by atoms with Gasteiger partial charge in [-0.25, -0.2) is 0 Å². The van der Waals surface area contributed by atoms with Crippen LogP contribution in [0.3, 0.4) is 0 Å². The summed E-state index contributed by atoms with van der Waals surface area (Å²) in [5.41, 5.74) is 5.73. The normalized spacial score (nSPS) is 9.89. The van der Waals surface area contributed by atoms with Gasteiger partial charge in [-0.3, -0.25) is 4.39 Å². The van der Waals surface area contributed by atoms with Gasteiger partial charge >= 0.3 is 0 Å². The maximum Gasteiger partial charge on any atom is 0.162 e. The molecule has 0 saturated heterocycles. The van der Waals surface area contributed by atoms with E-state index in [2.05, 4.69) is 9.68 Å². The molecular weight excluding hydrogens is 123 g/mol. The zero-order chi connectivity index (χ0) is 6.69. The molecule has 0 unspecified atom stereocenters. The van der Waals surface area contributed by atoms with Gasteiger partial charge in [0.1, 0.15) is 0 Å². The molecular formula is C5H7FN2O. The minimum Gasteiger partial charge on any atom is -0.395 e. The van der Waals surface area contributed by atoms with E-state index in [9.17, 15) is 4.39 Å². The zero-order valence-corrected chi connectivity index (χ0v) is 4.80. The number of anilines is 1. The van der Waals surface area contributed by atoms with E-state index in [4.69, 9.17) is 5.73 Å². The summed E-state index contributed by atoms with van der Waals surface area (Å²) >= 11 is 0. The second-order valence-corrected chi connectivity index (χ2v) is 1.64. The Labute approximate surface area is 51.6 Å². The first-order valence-corrected chi connectivity index (χ1v) is 2.59. The Morgan fingerprint density at radius 3 is 3.00 bits per heavy atom. The molecule has 4 heteroatoms. The van der Waals surface area contributed by atoms with Crippen LogP contribution < -0.4 is 5.73 Å². The van der Waals surface area contributed by atoms with Crippen molar-refractivity contribution in [2.45, 2.75) is 6.42 Å². The monoisotopic (exact) mass is 130 g/mol. The molecule has 1 aromatic heterocycles. The number of nitrogen functional groups attached to an aromatic ring is 1. The number of aromatic nitrogens is 1. The van der Waals surface area contributed by atoms with Gasteiger partial charge in [-0.2, -0.15) is 0 Å². The number of aryl methyl sites for hydroxylation is 1. The first-order valence-electron chi connectivity index (χ1n) is 2.59. The van der Waals surface area contributed by atoms with E-state index in [-0.39, 0.29) is 6.42 Å². The molecule has 0 aliphatic carbocycles. The maximum absolute atomic E-state index is 11.6. The SMILES string of the molecule is Nc1cnoc1CCF. The van der Waals surface area contributed by atoms with Crippen LogP contribution in [-0.4, -0.2) is 11.8 Å². The standard InChI is InChI=1S/C5H7FN2O/c6-2-1-5-4(7)3-8-9-5/h3H,1-2,7H2. The summed E-state index contributed by atoms with van der Waals surface area (Å²) < 4.78 is 16.2. The number of hydrogen-bond acceptors (Lipinski definition) is 3. The molecule has 0 bridgehead atoms. The molecule has 0 saturated carbocycles. The van der Waals surface area contributed by atoms with Crippen LogP contribution in [0, 0.1) is 0 Å². The van der Waals surface area contributed by atoms with Crippen molar-refractivity contribution in [2.24, 2.45) is 0 Å². The highest BCUT2D eigenvalue weighted by molar-refractivity contribution is 5.37. The average molecular weight is 130 g/mol. The number of alkyl halides is 1. The molecule has 1 aromatic rings. The largest absolute Gasteiger partial charge is 0.395 e. The van der Waals surface area contributed by atoms with Gasteiger partial charge in [0, 0.05) is 6.42 Å². The number of hydrogen-bond donors (Lipinski definition) is 1. The molecule has 2 N–H and O–H groups in total. The first kappa shape index (κ1) is 6.07. The molecule has 3 nitrogen and oxygen atoms in total.